The van der Waals surface area contributed by atoms with Crippen LogP contribution in [0.15, 0.2) is 43.0 Å². The molecule has 0 saturated heterocycles. The number of pyridine rings is 2. The highest BCUT2D eigenvalue weighted by Gasteiger charge is 2.31. The smallest absolute Gasteiger partial charge is 0.360 e. The molecule has 0 saturated carbocycles. The van der Waals surface area contributed by atoms with Crippen LogP contribution < -0.4 is 15.5 Å². The predicted molar refractivity (Wildman–Crippen MR) is 135 cm³/mol. The lowest BCUT2D eigenvalue weighted by atomic mass is 10.1. The van der Waals surface area contributed by atoms with Crippen molar-refractivity contribution in [3.63, 3.8) is 0 Å². The Morgan fingerprint density at radius 1 is 1.16 bits per heavy atom. The number of fused-ring (bicyclic) bond motifs is 1. The molecule has 4 aromatic heterocycles. The first-order chi connectivity index (χ1) is 17.7. The van der Waals surface area contributed by atoms with Crippen LogP contribution >= 0.6 is 0 Å². The van der Waals surface area contributed by atoms with Crippen LogP contribution in [-0.4, -0.2) is 52.1 Å². The molecular formula is C25H26F3N9. The fraction of sp³-hybridized carbons (Fsp3) is 0.320. The van der Waals surface area contributed by atoms with Crippen molar-refractivity contribution in [2.75, 3.05) is 37.4 Å². The molecule has 0 aliphatic rings. The number of nitrogens with one attached hydrogen (secondary N) is 3. The molecule has 12 heteroatoms. The lowest BCUT2D eigenvalue weighted by Crippen LogP contribution is -2.23. The second-order valence-electron chi connectivity index (χ2n) is 8.58. The fourth-order valence-corrected chi connectivity index (χ4v) is 3.86. The van der Waals surface area contributed by atoms with Gasteiger partial charge < -0.3 is 20.5 Å². The maximum Gasteiger partial charge on any atom is 0.417 e. The van der Waals surface area contributed by atoms with E-state index >= 15 is 0 Å². The van der Waals surface area contributed by atoms with Crippen molar-refractivity contribution in [3.8, 4) is 17.3 Å². The Morgan fingerprint density at radius 3 is 2.65 bits per heavy atom. The van der Waals surface area contributed by atoms with E-state index in [2.05, 4.69) is 40.5 Å². The third kappa shape index (κ3) is 5.78. The minimum atomic E-state index is -4.55. The van der Waals surface area contributed by atoms with Gasteiger partial charge in [-0.15, -0.1) is 0 Å². The van der Waals surface area contributed by atoms with E-state index in [1.54, 1.807) is 6.20 Å². The summed E-state index contributed by atoms with van der Waals surface area (Å²) in [6.07, 6.45) is 1.82. The maximum absolute atomic E-state index is 13.3. The van der Waals surface area contributed by atoms with Gasteiger partial charge in [-0.2, -0.15) is 18.4 Å². The summed E-state index contributed by atoms with van der Waals surface area (Å²) in [7, 11) is 3.91. The molecule has 1 atom stereocenters. The van der Waals surface area contributed by atoms with Gasteiger partial charge in [-0.05, 0) is 44.6 Å². The number of alkyl halides is 3. The molecule has 3 N–H and O–H groups in total. The minimum Gasteiger partial charge on any atom is -0.360 e. The first-order valence-electron chi connectivity index (χ1n) is 11.6. The van der Waals surface area contributed by atoms with E-state index in [9.17, 15) is 18.4 Å². The van der Waals surface area contributed by atoms with E-state index in [1.807, 2.05) is 39.2 Å². The Balaban J connectivity index is 1.58. The van der Waals surface area contributed by atoms with Gasteiger partial charge in [0.05, 0.1) is 29.1 Å². The number of hydrogen-bond donors (Lipinski definition) is 3. The summed E-state index contributed by atoms with van der Waals surface area (Å²) in [5.74, 6) is 1.08. The van der Waals surface area contributed by atoms with Gasteiger partial charge in [0.1, 0.15) is 17.5 Å². The van der Waals surface area contributed by atoms with E-state index in [4.69, 9.17) is 0 Å². The van der Waals surface area contributed by atoms with E-state index in [-0.39, 0.29) is 34.3 Å². The van der Waals surface area contributed by atoms with Gasteiger partial charge in [0, 0.05) is 43.1 Å². The summed E-state index contributed by atoms with van der Waals surface area (Å²) >= 11 is 0. The molecule has 9 nitrogen and oxygen atoms in total. The number of hydrogen-bond acceptors (Lipinski definition) is 8. The Hall–Kier alpha value is -4.24. The van der Waals surface area contributed by atoms with Gasteiger partial charge in [-0.1, -0.05) is 6.07 Å². The third-order valence-electron chi connectivity index (χ3n) is 5.95. The van der Waals surface area contributed by atoms with Gasteiger partial charge in [0.25, 0.3) is 0 Å². The number of anilines is 2. The van der Waals surface area contributed by atoms with Crippen molar-refractivity contribution in [1.29, 1.82) is 5.26 Å². The van der Waals surface area contributed by atoms with Gasteiger partial charge in [-0.3, -0.25) is 0 Å². The normalized spacial score (nSPS) is 12.4. The molecule has 192 valence electrons. The topological polar surface area (TPSA) is 118 Å². The number of nitrogens with zero attached hydrogens (tertiary/aromatic N) is 6. The third-order valence-corrected chi connectivity index (χ3v) is 5.95. The van der Waals surface area contributed by atoms with Crippen LogP contribution in [0.25, 0.3) is 22.3 Å². The molecule has 4 aromatic rings. The van der Waals surface area contributed by atoms with Gasteiger partial charge in [-0.25, -0.2) is 19.9 Å². The largest absolute Gasteiger partial charge is 0.417 e. The van der Waals surface area contributed by atoms with Crippen molar-refractivity contribution in [2.24, 2.45) is 0 Å². The van der Waals surface area contributed by atoms with Crippen LogP contribution in [0.2, 0.25) is 0 Å². The highest BCUT2D eigenvalue weighted by molar-refractivity contribution is 5.94. The maximum atomic E-state index is 13.3. The molecule has 0 amide bonds. The molecule has 0 unspecified atom stereocenters. The van der Waals surface area contributed by atoms with E-state index in [1.165, 1.54) is 12.4 Å². The number of halogens is 3. The van der Waals surface area contributed by atoms with E-state index in [0.717, 1.165) is 43.2 Å². The van der Waals surface area contributed by atoms with E-state index in [0.29, 0.717) is 5.56 Å². The average Bonchev–Trinajstić information content (AvgIpc) is 3.31. The molecule has 4 heterocycles. The molecular weight excluding hydrogens is 483 g/mol. The Labute approximate surface area is 211 Å². The predicted octanol–water partition coefficient (Wildman–Crippen LogP) is 4.52. The number of aromatic amines is 1. The minimum absolute atomic E-state index is 0.129. The molecule has 37 heavy (non-hydrogen) atoms. The highest BCUT2D eigenvalue weighted by Crippen LogP contribution is 2.35. The number of nitriles is 1. The van der Waals surface area contributed by atoms with Crippen LogP contribution in [-0.2, 0) is 6.18 Å². The number of H-pyrrole nitrogens is 1. The van der Waals surface area contributed by atoms with Crippen LogP contribution in [0.1, 0.15) is 36.1 Å². The highest BCUT2D eigenvalue weighted by atomic mass is 19.4. The molecule has 0 aliphatic heterocycles. The Bertz CT molecular complexity index is 1410. The van der Waals surface area contributed by atoms with Crippen LogP contribution in [0.4, 0.5) is 24.9 Å². The molecule has 0 spiro atoms. The summed E-state index contributed by atoms with van der Waals surface area (Å²) in [5, 5.41) is 16.1. The first-order valence-corrected chi connectivity index (χ1v) is 11.6. The monoisotopic (exact) mass is 509 g/mol. The summed E-state index contributed by atoms with van der Waals surface area (Å²) < 4.78 is 39.8. The zero-order valence-electron chi connectivity index (χ0n) is 20.6. The lowest BCUT2D eigenvalue weighted by molar-refractivity contribution is -0.137. The second kappa shape index (κ2) is 10.8. The molecule has 4 rings (SSSR count). The number of rotatable bonds is 9. The van der Waals surface area contributed by atoms with Crippen molar-refractivity contribution < 1.29 is 13.2 Å². The SMILES string of the molecule is CNCCCN(C)c1ccc([C@@H](C)Nc2ncc(C#N)c(-c3c[nH]c4ncc(C(F)(F)F)cc34)n2)cn1. The quantitative estimate of drug-likeness (QED) is 0.282. The van der Waals surface area contributed by atoms with Crippen molar-refractivity contribution >= 4 is 22.8 Å². The molecule has 0 aromatic carbocycles. The fourth-order valence-electron chi connectivity index (χ4n) is 3.86. The lowest BCUT2D eigenvalue weighted by Gasteiger charge is -2.19. The summed E-state index contributed by atoms with van der Waals surface area (Å²) in [5.41, 5.74) is 0.933. The molecule has 0 radical (unpaired) electrons. The van der Waals surface area contributed by atoms with Crippen molar-refractivity contribution in [2.45, 2.75) is 25.6 Å². The Morgan fingerprint density at radius 2 is 1.97 bits per heavy atom. The van der Waals surface area contributed by atoms with Crippen molar-refractivity contribution in [1.82, 2.24) is 30.2 Å². The zero-order chi connectivity index (χ0) is 26.6. The molecule has 0 fully saturated rings. The number of aromatic nitrogens is 5. The summed E-state index contributed by atoms with van der Waals surface area (Å²) in [4.78, 5) is 22.0. The van der Waals surface area contributed by atoms with Gasteiger partial charge >= 0.3 is 6.18 Å². The molecule has 0 bridgehead atoms. The van der Waals surface area contributed by atoms with Crippen LogP contribution in [0.5, 0.6) is 0 Å². The summed E-state index contributed by atoms with van der Waals surface area (Å²) in [6, 6.07) is 6.69. The van der Waals surface area contributed by atoms with Crippen LogP contribution in [0.3, 0.4) is 0 Å². The standard InChI is InChI=1S/C25H26F3N9/c1-15(16-5-6-21(31-11-16)37(3)8-4-7-30-2)35-24-34-12-17(10-29)22(36-24)20-14-33-23-19(20)9-18(13-32-23)25(26,27)28/h5-6,9,11-15,30H,4,7-8H2,1-3H3,(H,32,33)(H,34,35,36)/t15-/m1/s1. The summed E-state index contributed by atoms with van der Waals surface area (Å²) in [6.45, 7) is 3.71. The second-order valence-corrected chi connectivity index (χ2v) is 8.58. The van der Waals surface area contributed by atoms with Gasteiger partial charge in [0.15, 0.2) is 0 Å². The first kappa shape index (κ1) is 25.8. The van der Waals surface area contributed by atoms with Crippen molar-refractivity contribution in [3.05, 3.63) is 59.7 Å². The Kier molecular flexibility index (Phi) is 7.54. The van der Waals surface area contributed by atoms with Crippen LogP contribution in [0, 0.1) is 11.3 Å². The van der Waals surface area contributed by atoms with Gasteiger partial charge in [0.2, 0.25) is 5.95 Å². The molecule has 0 aliphatic carbocycles. The van der Waals surface area contributed by atoms with E-state index < -0.39 is 11.7 Å². The average molecular weight is 510 g/mol. The zero-order valence-corrected chi connectivity index (χ0v) is 20.6.